The van der Waals surface area contributed by atoms with E-state index in [1.807, 2.05) is 6.07 Å². The quantitative estimate of drug-likeness (QED) is 0.868. The van der Waals surface area contributed by atoms with Gasteiger partial charge in [-0.15, -0.1) is 0 Å². The first-order valence-corrected chi connectivity index (χ1v) is 8.52. The van der Waals surface area contributed by atoms with Crippen molar-refractivity contribution in [1.29, 1.82) is 0 Å². The van der Waals surface area contributed by atoms with Crippen molar-refractivity contribution in [1.82, 2.24) is 4.98 Å². The molecule has 1 fully saturated rings. The van der Waals surface area contributed by atoms with Gasteiger partial charge in [0.1, 0.15) is 5.69 Å². The van der Waals surface area contributed by atoms with Crippen LogP contribution in [0.15, 0.2) is 42.6 Å². The molecular formula is C19H20F3N3O. The summed E-state index contributed by atoms with van der Waals surface area (Å²) in [6, 6.07) is 7.81. The zero-order valence-corrected chi connectivity index (χ0v) is 14.4. The minimum atomic E-state index is -4.40. The van der Waals surface area contributed by atoms with E-state index in [1.54, 1.807) is 12.3 Å². The fourth-order valence-electron chi connectivity index (χ4n) is 3.07. The molecule has 1 unspecified atom stereocenters. The molecule has 1 saturated heterocycles. The van der Waals surface area contributed by atoms with Crippen molar-refractivity contribution in [3.63, 3.8) is 0 Å². The Morgan fingerprint density at radius 3 is 2.50 bits per heavy atom. The number of piperidine rings is 1. The third-order valence-corrected chi connectivity index (χ3v) is 4.47. The molecule has 0 aliphatic carbocycles. The summed E-state index contributed by atoms with van der Waals surface area (Å²) in [5.74, 6) is 0.176. The number of aromatic nitrogens is 1. The molecule has 1 N–H and O–H groups in total. The van der Waals surface area contributed by atoms with Gasteiger partial charge in [0, 0.05) is 18.8 Å². The monoisotopic (exact) mass is 363 g/mol. The second-order valence-corrected chi connectivity index (χ2v) is 6.62. The van der Waals surface area contributed by atoms with E-state index in [1.165, 1.54) is 18.6 Å². The Balaban J connectivity index is 1.64. The Morgan fingerprint density at radius 2 is 1.92 bits per heavy atom. The van der Waals surface area contributed by atoms with Crippen LogP contribution in [0.4, 0.5) is 24.5 Å². The summed E-state index contributed by atoms with van der Waals surface area (Å²) in [4.78, 5) is 18.7. The molecule has 4 nitrogen and oxygen atoms in total. The molecule has 1 atom stereocenters. The topological polar surface area (TPSA) is 45.2 Å². The van der Waals surface area contributed by atoms with E-state index < -0.39 is 17.6 Å². The van der Waals surface area contributed by atoms with E-state index in [4.69, 9.17) is 0 Å². The lowest BCUT2D eigenvalue weighted by Crippen LogP contribution is -2.34. The Labute approximate surface area is 150 Å². The maximum Gasteiger partial charge on any atom is 0.416 e. The average molecular weight is 363 g/mol. The van der Waals surface area contributed by atoms with E-state index in [0.717, 1.165) is 37.3 Å². The number of nitrogens with one attached hydrogen (secondary N) is 1. The number of amides is 1. The summed E-state index contributed by atoms with van der Waals surface area (Å²) in [6.07, 6.45) is -0.375. The smallest absolute Gasteiger partial charge is 0.370 e. The highest BCUT2D eigenvalue weighted by atomic mass is 19.4. The first-order chi connectivity index (χ1) is 12.3. The lowest BCUT2D eigenvalue weighted by molar-refractivity contribution is -0.137. The van der Waals surface area contributed by atoms with Gasteiger partial charge < -0.3 is 10.2 Å². The van der Waals surface area contributed by atoms with Crippen molar-refractivity contribution in [2.75, 3.05) is 23.3 Å². The van der Waals surface area contributed by atoms with Crippen LogP contribution in [0.3, 0.4) is 0 Å². The van der Waals surface area contributed by atoms with Crippen LogP contribution in [0, 0.1) is 5.92 Å². The number of carbonyl (C=O) groups excluding carboxylic acids is 1. The zero-order chi connectivity index (χ0) is 18.7. The highest BCUT2D eigenvalue weighted by molar-refractivity contribution is 6.02. The molecule has 138 valence electrons. The van der Waals surface area contributed by atoms with E-state index in [2.05, 4.69) is 22.1 Å². The second-order valence-electron chi connectivity index (χ2n) is 6.62. The molecule has 0 spiro atoms. The summed E-state index contributed by atoms with van der Waals surface area (Å²) in [5, 5.41) is 2.56. The predicted molar refractivity (Wildman–Crippen MR) is 94.2 cm³/mol. The maximum absolute atomic E-state index is 12.6. The van der Waals surface area contributed by atoms with Crippen molar-refractivity contribution in [3.8, 4) is 0 Å². The molecule has 7 heteroatoms. The Bertz CT molecular complexity index is 757. The number of carbonyl (C=O) groups is 1. The molecular weight excluding hydrogens is 343 g/mol. The van der Waals surface area contributed by atoms with Crippen molar-refractivity contribution in [3.05, 3.63) is 53.9 Å². The molecule has 0 saturated carbocycles. The number of pyridine rings is 1. The molecule has 1 amide bonds. The van der Waals surface area contributed by atoms with E-state index in [9.17, 15) is 18.0 Å². The number of hydrogen-bond donors (Lipinski definition) is 1. The summed E-state index contributed by atoms with van der Waals surface area (Å²) in [7, 11) is 0. The van der Waals surface area contributed by atoms with Crippen LogP contribution in [-0.2, 0) is 6.18 Å². The Kier molecular flexibility index (Phi) is 5.15. The first-order valence-electron chi connectivity index (χ1n) is 8.52. The minimum Gasteiger partial charge on any atom is -0.370 e. The van der Waals surface area contributed by atoms with Crippen LogP contribution in [-0.4, -0.2) is 24.0 Å². The molecule has 26 heavy (non-hydrogen) atoms. The van der Waals surface area contributed by atoms with Crippen molar-refractivity contribution in [2.24, 2.45) is 5.92 Å². The van der Waals surface area contributed by atoms with Crippen LogP contribution in [0.2, 0.25) is 0 Å². The number of anilines is 2. The third-order valence-electron chi connectivity index (χ3n) is 4.47. The number of hydrogen-bond acceptors (Lipinski definition) is 3. The van der Waals surface area contributed by atoms with E-state index >= 15 is 0 Å². The number of nitrogens with zero attached hydrogens (tertiary/aromatic N) is 2. The third kappa shape index (κ3) is 4.33. The van der Waals surface area contributed by atoms with Gasteiger partial charge in [0.25, 0.3) is 5.91 Å². The SMILES string of the molecule is CC1CCCN(c2ccc(C(=O)Nc3ccc(C(F)(F)F)cc3)nc2)C1. The Morgan fingerprint density at radius 1 is 1.19 bits per heavy atom. The van der Waals surface area contributed by atoms with E-state index in [-0.39, 0.29) is 5.69 Å². The zero-order valence-electron chi connectivity index (χ0n) is 14.4. The summed E-state index contributed by atoms with van der Waals surface area (Å²) in [5.41, 5.74) is 0.730. The predicted octanol–water partition coefficient (Wildman–Crippen LogP) is 4.59. The van der Waals surface area contributed by atoms with Gasteiger partial charge >= 0.3 is 6.18 Å². The van der Waals surface area contributed by atoms with Crippen LogP contribution in [0.1, 0.15) is 35.8 Å². The van der Waals surface area contributed by atoms with Gasteiger partial charge in [-0.1, -0.05) is 6.92 Å². The lowest BCUT2D eigenvalue weighted by atomic mass is 10.00. The summed E-state index contributed by atoms with van der Waals surface area (Å²) < 4.78 is 37.7. The van der Waals surface area contributed by atoms with Crippen LogP contribution < -0.4 is 10.2 Å². The van der Waals surface area contributed by atoms with Gasteiger partial charge in [-0.3, -0.25) is 4.79 Å². The maximum atomic E-state index is 12.6. The van der Waals surface area contributed by atoms with Gasteiger partial charge in [-0.2, -0.15) is 13.2 Å². The number of halogens is 3. The highest BCUT2D eigenvalue weighted by Crippen LogP contribution is 2.30. The van der Waals surface area contributed by atoms with Gasteiger partial charge in [0.15, 0.2) is 0 Å². The van der Waals surface area contributed by atoms with Gasteiger partial charge in [-0.05, 0) is 55.2 Å². The molecule has 3 rings (SSSR count). The van der Waals surface area contributed by atoms with Gasteiger partial charge in [-0.25, -0.2) is 4.98 Å². The van der Waals surface area contributed by atoms with Crippen LogP contribution in [0.25, 0.3) is 0 Å². The molecule has 0 radical (unpaired) electrons. The molecule has 1 aromatic heterocycles. The van der Waals surface area contributed by atoms with Gasteiger partial charge in [0.2, 0.25) is 0 Å². The van der Waals surface area contributed by atoms with Crippen LogP contribution >= 0.6 is 0 Å². The second kappa shape index (κ2) is 7.35. The molecule has 1 aliphatic heterocycles. The fraction of sp³-hybridized carbons (Fsp3) is 0.368. The first kappa shape index (κ1) is 18.2. The normalized spacial score (nSPS) is 17.8. The fourth-order valence-corrected chi connectivity index (χ4v) is 3.07. The minimum absolute atomic E-state index is 0.221. The lowest BCUT2D eigenvalue weighted by Gasteiger charge is -2.32. The number of rotatable bonds is 3. The average Bonchev–Trinajstić information content (AvgIpc) is 2.61. The molecule has 2 aromatic rings. The number of benzene rings is 1. The Hall–Kier alpha value is -2.57. The highest BCUT2D eigenvalue weighted by Gasteiger charge is 2.30. The molecule has 0 bridgehead atoms. The molecule has 2 heterocycles. The van der Waals surface area contributed by atoms with E-state index in [0.29, 0.717) is 11.6 Å². The van der Waals surface area contributed by atoms with Crippen molar-refractivity contribution in [2.45, 2.75) is 25.9 Å². The molecule has 1 aromatic carbocycles. The summed E-state index contributed by atoms with van der Waals surface area (Å²) >= 11 is 0. The van der Waals surface area contributed by atoms with Gasteiger partial charge in [0.05, 0.1) is 17.4 Å². The molecule has 1 aliphatic rings. The van der Waals surface area contributed by atoms with Crippen LogP contribution in [0.5, 0.6) is 0 Å². The number of alkyl halides is 3. The van der Waals surface area contributed by atoms with Crippen molar-refractivity contribution >= 4 is 17.3 Å². The standard InChI is InChI=1S/C19H20F3N3O/c1-13-3-2-10-25(12-13)16-8-9-17(23-11-16)18(26)24-15-6-4-14(5-7-15)19(20,21)22/h4-9,11,13H,2-3,10,12H2,1H3,(H,24,26). The largest absolute Gasteiger partial charge is 0.416 e. The summed E-state index contributed by atoms with van der Waals surface area (Å²) in [6.45, 7) is 4.16. The van der Waals surface area contributed by atoms with Crippen molar-refractivity contribution < 1.29 is 18.0 Å².